The molecule has 2 aromatic heterocycles. The Labute approximate surface area is 224 Å². The molecule has 2 amide bonds. The van der Waals surface area contributed by atoms with Gasteiger partial charge >= 0.3 is 6.03 Å². The minimum atomic E-state index is -3.07. The van der Waals surface area contributed by atoms with Crippen molar-refractivity contribution in [2.24, 2.45) is 0 Å². The van der Waals surface area contributed by atoms with E-state index in [-0.39, 0.29) is 29.4 Å². The van der Waals surface area contributed by atoms with Crippen LogP contribution in [0, 0.1) is 0 Å². The van der Waals surface area contributed by atoms with E-state index in [0.29, 0.717) is 30.5 Å². The Hall–Kier alpha value is -2.89. The molecule has 1 unspecified atom stereocenters. The molecular weight excluding hydrogens is 504 g/mol. The summed E-state index contributed by atoms with van der Waals surface area (Å²) in [6, 6.07) is 3.96. The van der Waals surface area contributed by atoms with Gasteiger partial charge in [0.1, 0.15) is 15.7 Å². The Bertz CT molecular complexity index is 1190. The molecule has 0 aliphatic heterocycles. The molecule has 208 valence electrons. The number of hydrogen-bond donors (Lipinski definition) is 5. The van der Waals surface area contributed by atoms with Gasteiger partial charge in [-0.1, -0.05) is 19.3 Å². The van der Waals surface area contributed by atoms with Crippen molar-refractivity contribution in [2.45, 2.75) is 106 Å². The fourth-order valence-corrected chi connectivity index (χ4v) is 7.29. The summed E-state index contributed by atoms with van der Waals surface area (Å²) in [5, 5.41) is 20.0. The number of urea groups is 1. The monoisotopic (exact) mass is 544 g/mol. The molecule has 2 aromatic rings. The number of hydrogen-bond acceptors (Lipinski definition) is 8. The molecule has 3 aliphatic carbocycles. The second-order valence-electron chi connectivity index (χ2n) is 11.2. The maximum absolute atomic E-state index is 12.6. The van der Waals surface area contributed by atoms with Gasteiger partial charge in [-0.15, -0.1) is 0 Å². The molecule has 5 rings (SSSR count). The summed E-state index contributed by atoms with van der Waals surface area (Å²) in [6.45, 7) is 0. The predicted octanol–water partition coefficient (Wildman–Crippen LogP) is 3.98. The molecule has 12 heteroatoms. The molecule has 3 saturated carbocycles. The lowest BCUT2D eigenvalue weighted by Gasteiger charge is -2.32. The molecular formula is C26H40N8O3S. The standard InChI is InChI=1S/C26H40N8O3S/c1-38(36,37)21-8-4-7-20(15-21)30-26(35)29-19-11-9-18(10-12-19)28-25-27-14-13-23(32-25)31-24-16-22(33-34-24)17-5-2-3-6-17/h13-14,16-21H,2-12,15H2,1H3,(H2,29,30,35)(H3,27,28,31,32,33,34)/t18?,19?,20?,21-/m0/s1. The number of amides is 2. The maximum Gasteiger partial charge on any atom is 0.315 e. The zero-order chi connectivity index (χ0) is 26.5. The Balaban J connectivity index is 1.05. The normalized spacial score (nSPS) is 26.6. The smallest absolute Gasteiger partial charge is 0.315 e. The number of carbonyl (C=O) groups excluding carboxylic acids is 1. The van der Waals surface area contributed by atoms with Gasteiger partial charge in [0.05, 0.1) is 5.25 Å². The molecule has 3 fully saturated rings. The first-order chi connectivity index (χ1) is 18.3. The van der Waals surface area contributed by atoms with E-state index in [4.69, 9.17) is 0 Å². The Morgan fingerprint density at radius 3 is 2.42 bits per heavy atom. The van der Waals surface area contributed by atoms with Crippen molar-refractivity contribution in [1.29, 1.82) is 0 Å². The minimum Gasteiger partial charge on any atom is -0.351 e. The Morgan fingerprint density at radius 2 is 1.66 bits per heavy atom. The summed E-state index contributed by atoms with van der Waals surface area (Å²) in [5.74, 6) is 2.62. The molecule has 0 radical (unpaired) electrons. The average molecular weight is 545 g/mol. The van der Waals surface area contributed by atoms with Gasteiger partial charge in [-0.05, 0) is 63.9 Å². The van der Waals surface area contributed by atoms with Crippen molar-refractivity contribution in [2.75, 3.05) is 16.9 Å². The van der Waals surface area contributed by atoms with Crippen LogP contribution in [0.5, 0.6) is 0 Å². The van der Waals surface area contributed by atoms with Crippen molar-refractivity contribution in [3.8, 4) is 0 Å². The van der Waals surface area contributed by atoms with Crippen LogP contribution in [0.15, 0.2) is 18.3 Å². The van der Waals surface area contributed by atoms with Gasteiger partial charge in [0.2, 0.25) is 5.95 Å². The number of aromatic nitrogens is 4. The molecule has 0 saturated heterocycles. The van der Waals surface area contributed by atoms with Gasteiger partial charge in [0.15, 0.2) is 5.82 Å². The minimum absolute atomic E-state index is 0.0877. The Kier molecular flexibility index (Phi) is 8.35. The Morgan fingerprint density at radius 1 is 0.921 bits per heavy atom. The second kappa shape index (κ2) is 11.9. The first-order valence-electron chi connectivity index (χ1n) is 14.0. The quantitative estimate of drug-likeness (QED) is 0.334. The van der Waals surface area contributed by atoms with Gasteiger partial charge in [-0.25, -0.2) is 18.2 Å². The maximum atomic E-state index is 12.6. The summed E-state index contributed by atoms with van der Waals surface area (Å²) < 4.78 is 23.8. The van der Waals surface area contributed by atoms with Gasteiger partial charge in [0, 0.05) is 48.3 Å². The summed E-state index contributed by atoms with van der Waals surface area (Å²) in [5.41, 5.74) is 1.19. The third-order valence-electron chi connectivity index (χ3n) is 8.27. The van der Waals surface area contributed by atoms with Crippen LogP contribution in [-0.2, 0) is 9.84 Å². The van der Waals surface area contributed by atoms with Crippen molar-refractivity contribution in [1.82, 2.24) is 30.8 Å². The lowest BCUT2D eigenvalue weighted by molar-refractivity contribution is 0.224. The molecule has 38 heavy (non-hydrogen) atoms. The van der Waals surface area contributed by atoms with Gasteiger partial charge in [-0.3, -0.25) is 5.10 Å². The number of H-pyrrole nitrogens is 1. The van der Waals surface area contributed by atoms with Crippen LogP contribution in [0.2, 0.25) is 0 Å². The molecule has 2 atom stereocenters. The second-order valence-corrected chi connectivity index (χ2v) is 13.5. The number of nitrogens with zero attached hydrogens (tertiary/aromatic N) is 3. The van der Waals surface area contributed by atoms with Crippen molar-refractivity contribution in [3.63, 3.8) is 0 Å². The van der Waals surface area contributed by atoms with Crippen LogP contribution in [-0.4, -0.2) is 64.2 Å². The molecule has 0 bridgehead atoms. The van der Waals surface area contributed by atoms with Crippen LogP contribution in [0.3, 0.4) is 0 Å². The first kappa shape index (κ1) is 26.7. The van der Waals surface area contributed by atoms with E-state index < -0.39 is 9.84 Å². The zero-order valence-electron chi connectivity index (χ0n) is 22.1. The average Bonchev–Trinajstić information content (AvgIpc) is 3.58. The summed E-state index contributed by atoms with van der Waals surface area (Å²) in [6.07, 6.45) is 14.4. The van der Waals surface area contributed by atoms with E-state index in [0.717, 1.165) is 44.3 Å². The van der Waals surface area contributed by atoms with Crippen LogP contribution in [0.4, 0.5) is 22.4 Å². The molecule has 11 nitrogen and oxygen atoms in total. The summed E-state index contributed by atoms with van der Waals surface area (Å²) in [7, 11) is -3.07. The van der Waals surface area contributed by atoms with Crippen LogP contribution in [0.25, 0.3) is 0 Å². The SMILES string of the molecule is CS(=O)(=O)[C@H]1CCCC(NC(=O)NC2CCC(Nc3nccc(Nc4cc(C5CCCC5)[nH]n4)n3)CC2)C1. The van der Waals surface area contributed by atoms with Crippen molar-refractivity contribution in [3.05, 3.63) is 24.0 Å². The van der Waals surface area contributed by atoms with Gasteiger partial charge < -0.3 is 21.3 Å². The van der Waals surface area contributed by atoms with E-state index in [1.807, 2.05) is 6.07 Å². The number of carbonyl (C=O) groups is 1. The number of anilines is 3. The van der Waals surface area contributed by atoms with Crippen LogP contribution >= 0.6 is 0 Å². The fraction of sp³-hybridized carbons (Fsp3) is 0.692. The van der Waals surface area contributed by atoms with Crippen LogP contribution in [0.1, 0.15) is 88.7 Å². The number of nitrogens with one attached hydrogen (secondary N) is 5. The lowest BCUT2D eigenvalue weighted by atomic mass is 9.91. The largest absolute Gasteiger partial charge is 0.351 e. The number of sulfone groups is 1. The molecule has 0 spiro atoms. The predicted molar refractivity (Wildman–Crippen MR) is 147 cm³/mol. The van der Waals surface area contributed by atoms with E-state index in [9.17, 15) is 13.2 Å². The number of rotatable bonds is 8. The highest BCUT2D eigenvalue weighted by atomic mass is 32.2. The van der Waals surface area contributed by atoms with E-state index in [2.05, 4.69) is 47.5 Å². The van der Waals surface area contributed by atoms with Crippen LogP contribution < -0.4 is 21.3 Å². The van der Waals surface area contributed by atoms with Crippen molar-refractivity contribution < 1.29 is 13.2 Å². The van der Waals surface area contributed by atoms with E-state index in [1.165, 1.54) is 37.6 Å². The highest BCUT2D eigenvalue weighted by Gasteiger charge is 2.30. The van der Waals surface area contributed by atoms with Gasteiger partial charge in [0.25, 0.3) is 0 Å². The highest BCUT2D eigenvalue weighted by molar-refractivity contribution is 7.91. The fourth-order valence-electron chi connectivity index (χ4n) is 6.12. The lowest BCUT2D eigenvalue weighted by Crippen LogP contribution is -2.50. The molecule has 5 N–H and O–H groups in total. The molecule has 3 aliphatic rings. The summed E-state index contributed by atoms with van der Waals surface area (Å²) >= 11 is 0. The van der Waals surface area contributed by atoms with E-state index >= 15 is 0 Å². The first-order valence-corrected chi connectivity index (χ1v) is 15.9. The highest BCUT2D eigenvalue weighted by Crippen LogP contribution is 2.34. The zero-order valence-corrected chi connectivity index (χ0v) is 22.9. The number of aromatic amines is 1. The summed E-state index contributed by atoms with van der Waals surface area (Å²) in [4.78, 5) is 21.6. The van der Waals surface area contributed by atoms with E-state index in [1.54, 1.807) is 6.20 Å². The van der Waals surface area contributed by atoms with Gasteiger partial charge in [-0.2, -0.15) is 10.1 Å². The molecule has 0 aromatic carbocycles. The van der Waals surface area contributed by atoms with Crippen molar-refractivity contribution >= 4 is 33.5 Å². The third-order valence-corrected chi connectivity index (χ3v) is 9.91. The molecule has 2 heterocycles. The topological polar surface area (TPSA) is 154 Å². The third kappa shape index (κ3) is 7.15.